The van der Waals surface area contributed by atoms with Crippen LogP contribution in [0.5, 0.6) is 11.5 Å². The summed E-state index contributed by atoms with van der Waals surface area (Å²) in [6, 6.07) is 4.92. The molecule has 0 aliphatic heterocycles. The maximum Gasteiger partial charge on any atom is 0.314 e. The fourth-order valence-corrected chi connectivity index (χ4v) is 4.43. The van der Waals surface area contributed by atoms with Crippen LogP contribution < -0.4 is 0 Å². The van der Waals surface area contributed by atoms with E-state index in [0.717, 1.165) is 0 Å². The number of carbonyl (C=O) groups is 4. The fourth-order valence-electron chi connectivity index (χ4n) is 3.41. The number of ether oxygens (including phenoxy) is 1. The Morgan fingerprint density at radius 3 is 1.31 bits per heavy atom. The van der Waals surface area contributed by atoms with Gasteiger partial charge in [0.2, 0.25) is 0 Å². The molecule has 0 spiro atoms. The molecule has 2 rings (SSSR count). The van der Waals surface area contributed by atoms with E-state index in [1.807, 2.05) is 0 Å². The number of halogens is 4. The number of carboxylic acids is 2. The minimum atomic E-state index is -1.31. The average molecular weight is 568 g/mol. The van der Waals surface area contributed by atoms with Crippen LogP contribution in [-0.2, 0) is 23.9 Å². The maximum atomic E-state index is 12.4. The summed E-state index contributed by atoms with van der Waals surface area (Å²) in [7, 11) is 0. The predicted molar refractivity (Wildman–Crippen MR) is 127 cm³/mol. The van der Waals surface area contributed by atoms with Crippen LogP contribution in [0, 0.1) is 0 Å². The lowest BCUT2D eigenvalue weighted by molar-refractivity contribution is -0.160. The number of aliphatic carboxylic acids is 2. The van der Waals surface area contributed by atoms with Crippen molar-refractivity contribution >= 4 is 70.3 Å². The second kappa shape index (κ2) is 12.3. The van der Waals surface area contributed by atoms with Crippen molar-refractivity contribution in [2.24, 2.45) is 0 Å². The summed E-state index contributed by atoms with van der Waals surface area (Å²) in [6.45, 7) is 0. The summed E-state index contributed by atoms with van der Waals surface area (Å²) in [5.41, 5.74) is -0.0620. The first-order valence-corrected chi connectivity index (χ1v) is 11.3. The normalized spacial score (nSPS) is 12.6. The van der Waals surface area contributed by atoms with Crippen LogP contribution in [0.4, 0.5) is 0 Å². The Hall–Kier alpha value is -2.72. The van der Waals surface area contributed by atoms with Gasteiger partial charge < -0.3 is 25.2 Å². The number of phenols is 2. The molecule has 0 aromatic heterocycles. The van der Waals surface area contributed by atoms with E-state index < -0.39 is 72.9 Å². The van der Waals surface area contributed by atoms with E-state index in [1.165, 1.54) is 24.3 Å². The lowest BCUT2D eigenvalue weighted by Crippen LogP contribution is -2.20. The van der Waals surface area contributed by atoms with Crippen LogP contribution in [0.1, 0.15) is 48.6 Å². The van der Waals surface area contributed by atoms with Gasteiger partial charge in [0.15, 0.2) is 0 Å². The van der Waals surface area contributed by atoms with Crippen LogP contribution in [0.25, 0.3) is 0 Å². The summed E-state index contributed by atoms with van der Waals surface area (Å²) in [4.78, 5) is 47.4. The summed E-state index contributed by atoms with van der Waals surface area (Å²) in [6.07, 6.45) is -2.52. The molecule has 0 radical (unpaired) electrons. The van der Waals surface area contributed by atoms with Crippen molar-refractivity contribution in [3.63, 3.8) is 0 Å². The number of carboxylic acid groups (broad SMARTS) is 2. The number of rotatable bonds is 10. The molecule has 0 saturated carbocycles. The fraction of sp³-hybridized carbons (Fsp3) is 0.273. The Morgan fingerprint density at radius 2 is 1.00 bits per heavy atom. The van der Waals surface area contributed by atoms with E-state index in [2.05, 4.69) is 0 Å². The summed E-state index contributed by atoms with van der Waals surface area (Å²) < 4.78 is 4.76. The maximum absolute atomic E-state index is 12.4. The minimum Gasteiger partial charge on any atom is -0.506 e. The van der Waals surface area contributed by atoms with Gasteiger partial charge in [-0.25, -0.2) is 0 Å². The molecular formula is C22H18Cl4O9. The Labute approximate surface area is 218 Å². The highest BCUT2D eigenvalue weighted by molar-refractivity contribution is 6.36. The zero-order valence-corrected chi connectivity index (χ0v) is 20.7. The number of benzene rings is 2. The van der Waals surface area contributed by atoms with Gasteiger partial charge in [-0.1, -0.05) is 46.4 Å². The van der Waals surface area contributed by atoms with Crippen LogP contribution in [0.2, 0.25) is 20.1 Å². The van der Waals surface area contributed by atoms with E-state index in [-0.39, 0.29) is 31.2 Å². The SMILES string of the molecule is O=C(O)CC(CC(=O)OC(=O)CC(CC(=O)O)c1cc(Cl)cc(Cl)c1O)c1cc(Cl)cc(Cl)c1O. The second-order valence-corrected chi connectivity index (χ2v) is 9.18. The number of hydrogen-bond acceptors (Lipinski definition) is 7. The highest BCUT2D eigenvalue weighted by atomic mass is 35.5. The van der Waals surface area contributed by atoms with Gasteiger partial charge in [-0.15, -0.1) is 0 Å². The number of hydrogen-bond donors (Lipinski definition) is 4. The molecule has 0 aliphatic carbocycles. The Balaban J connectivity index is 2.21. The molecule has 2 aromatic carbocycles. The van der Waals surface area contributed by atoms with E-state index in [9.17, 15) is 39.6 Å². The molecule has 188 valence electrons. The first-order valence-electron chi connectivity index (χ1n) is 9.81. The third-order valence-corrected chi connectivity index (χ3v) is 5.90. The zero-order chi connectivity index (χ0) is 26.4. The highest BCUT2D eigenvalue weighted by Gasteiger charge is 2.28. The van der Waals surface area contributed by atoms with Gasteiger partial charge in [-0.2, -0.15) is 0 Å². The Kier molecular flexibility index (Phi) is 10.0. The van der Waals surface area contributed by atoms with Gasteiger partial charge in [-0.3, -0.25) is 19.2 Å². The zero-order valence-electron chi connectivity index (χ0n) is 17.6. The average Bonchev–Trinajstić information content (AvgIpc) is 2.71. The smallest absolute Gasteiger partial charge is 0.314 e. The van der Waals surface area contributed by atoms with Gasteiger partial charge in [0.1, 0.15) is 11.5 Å². The lowest BCUT2D eigenvalue weighted by atomic mass is 9.91. The third kappa shape index (κ3) is 8.17. The van der Waals surface area contributed by atoms with E-state index in [4.69, 9.17) is 51.1 Å². The van der Waals surface area contributed by atoms with Crippen molar-refractivity contribution in [1.82, 2.24) is 0 Å². The van der Waals surface area contributed by atoms with Gasteiger partial charge >= 0.3 is 23.9 Å². The van der Waals surface area contributed by atoms with Gasteiger partial charge in [0.25, 0.3) is 0 Å². The monoisotopic (exact) mass is 566 g/mol. The van der Waals surface area contributed by atoms with Crippen LogP contribution in [-0.4, -0.2) is 44.3 Å². The first kappa shape index (κ1) is 28.5. The first-order chi connectivity index (χ1) is 16.3. The van der Waals surface area contributed by atoms with Crippen LogP contribution >= 0.6 is 46.4 Å². The molecule has 2 unspecified atom stereocenters. The van der Waals surface area contributed by atoms with Gasteiger partial charge in [-0.05, 0) is 24.3 Å². The van der Waals surface area contributed by atoms with Gasteiger partial charge in [0.05, 0.1) is 35.7 Å². The molecule has 2 atom stereocenters. The lowest BCUT2D eigenvalue weighted by Gasteiger charge is -2.18. The molecule has 13 heteroatoms. The molecule has 35 heavy (non-hydrogen) atoms. The van der Waals surface area contributed by atoms with E-state index in [0.29, 0.717) is 0 Å². The van der Waals surface area contributed by atoms with Crippen molar-refractivity contribution in [3.8, 4) is 11.5 Å². The quantitative estimate of drug-likeness (QED) is 0.218. The molecule has 9 nitrogen and oxygen atoms in total. The highest BCUT2D eigenvalue weighted by Crippen LogP contribution is 2.40. The summed E-state index contributed by atoms with van der Waals surface area (Å²) in [5, 5.41) is 38.6. The Morgan fingerprint density at radius 1 is 0.657 bits per heavy atom. The number of esters is 2. The van der Waals surface area contributed by atoms with Crippen molar-refractivity contribution in [2.45, 2.75) is 37.5 Å². The van der Waals surface area contributed by atoms with Crippen molar-refractivity contribution < 1.29 is 44.3 Å². The van der Waals surface area contributed by atoms with Crippen molar-refractivity contribution in [3.05, 3.63) is 55.5 Å². The van der Waals surface area contributed by atoms with Crippen LogP contribution in [0.3, 0.4) is 0 Å². The molecule has 0 saturated heterocycles. The molecule has 0 bridgehead atoms. The molecule has 0 amide bonds. The standard InChI is InChI=1S/C22H18Cl4O9/c23-11-5-13(21(33)15(25)7-11)9(1-17(27)28)3-19(31)35-20(32)4-10(2-18(29)30)14-6-12(24)8-16(26)22(14)34/h5-10,33-34H,1-4H2,(H,27,28)(H,29,30). The third-order valence-electron chi connectivity index (χ3n) is 4.89. The van der Waals surface area contributed by atoms with E-state index >= 15 is 0 Å². The topological polar surface area (TPSA) is 158 Å². The van der Waals surface area contributed by atoms with Crippen LogP contribution in [0.15, 0.2) is 24.3 Å². The molecule has 0 heterocycles. The molecule has 0 fully saturated rings. The minimum absolute atomic E-state index is 0.0310. The molecule has 2 aromatic rings. The van der Waals surface area contributed by atoms with Crippen molar-refractivity contribution in [2.75, 3.05) is 0 Å². The van der Waals surface area contributed by atoms with Crippen molar-refractivity contribution in [1.29, 1.82) is 0 Å². The number of aromatic hydroxyl groups is 2. The predicted octanol–water partition coefficient (Wildman–Crippen LogP) is 5.38. The molecule has 0 aliphatic rings. The van der Waals surface area contributed by atoms with Gasteiger partial charge in [0, 0.05) is 33.0 Å². The summed E-state index contributed by atoms with van der Waals surface area (Å²) >= 11 is 23.6. The summed E-state index contributed by atoms with van der Waals surface area (Å²) in [5.74, 6) is -8.13. The molecular weight excluding hydrogens is 550 g/mol. The number of carbonyl (C=O) groups excluding carboxylic acids is 2. The largest absolute Gasteiger partial charge is 0.506 e. The second-order valence-electron chi connectivity index (χ2n) is 7.49. The van der Waals surface area contributed by atoms with E-state index in [1.54, 1.807) is 0 Å². The number of phenolic OH excluding ortho intramolecular Hbond substituents is 2. The Bertz CT molecular complexity index is 1080. The molecule has 4 N–H and O–H groups in total.